The van der Waals surface area contributed by atoms with E-state index in [0.29, 0.717) is 18.1 Å². The number of likely N-dealkylation sites (tertiary alicyclic amines) is 1. The van der Waals surface area contributed by atoms with Crippen LogP contribution in [0.2, 0.25) is 5.02 Å². The fourth-order valence-electron chi connectivity index (χ4n) is 2.39. The van der Waals surface area contributed by atoms with Crippen LogP contribution >= 0.6 is 11.6 Å². The molecule has 0 aromatic heterocycles. The predicted molar refractivity (Wildman–Crippen MR) is 85.0 cm³/mol. The number of ketones is 1. The average molecular weight is 317 g/mol. The van der Waals surface area contributed by atoms with E-state index in [1.54, 1.807) is 35.2 Å². The second-order valence-corrected chi connectivity index (χ2v) is 5.67. The molecule has 2 rings (SSSR count). The molecule has 0 N–H and O–H groups in total. The van der Waals surface area contributed by atoms with Crippen LogP contribution < -0.4 is 0 Å². The SMILES string of the molecule is N#C[C@H](C(=O)/C=C/c1ccc(Cl)cc1)C(=O)N1CCCCC1. The molecule has 22 heavy (non-hydrogen) atoms. The molecular formula is C17H17ClN2O2. The molecule has 1 heterocycles. The van der Waals surface area contributed by atoms with Crippen molar-refractivity contribution in [1.82, 2.24) is 4.90 Å². The van der Waals surface area contributed by atoms with Crippen molar-refractivity contribution < 1.29 is 9.59 Å². The number of piperidine rings is 1. The van der Waals surface area contributed by atoms with Crippen molar-refractivity contribution in [3.05, 3.63) is 40.9 Å². The van der Waals surface area contributed by atoms with E-state index in [9.17, 15) is 9.59 Å². The van der Waals surface area contributed by atoms with Gasteiger partial charge in [-0.3, -0.25) is 9.59 Å². The second kappa shape index (κ2) is 7.77. The Morgan fingerprint density at radius 1 is 1.18 bits per heavy atom. The Labute approximate surface area is 135 Å². The Balaban J connectivity index is 2.03. The number of nitriles is 1. The summed E-state index contributed by atoms with van der Waals surface area (Å²) in [7, 11) is 0. The van der Waals surface area contributed by atoms with E-state index in [1.165, 1.54) is 6.08 Å². The van der Waals surface area contributed by atoms with Crippen LogP contribution in [0.3, 0.4) is 0 Å². The number of allylic oxidation sites excluding steroid dienone is 1. The number of benzene rings is 1. The van der Waals surface area contributed by atoms with Crippen LogP contribution in [0.5, 0.6) is 0 Å². The lowest BCUT2D eigenvalue weighted by molar-refractivity contribution is -0.138. The fraction of sp³-hybridized carbons (Fsp3) is 0.353. The van der Waals surface area contributed by atoms with Crippen LogP contribution in [0.1, 0.15) is 24.8 Å². The third-order valence-corrected chi connectivity index (χ3v) is 3.89. The van der Waals surface area contributed by atoms with E-state index < -0.39 is 11.7 Å². The van der Waals surface area contributed by atoms with Crippen molar-refractivity contribution >= 4 is 29.4 Å². The maximum atomic E-state index is 12.3. The highest BCUT2D eigenvalue weighted by Crippen LogP contribution is 2.15. The molecule has 1 atom stereocenters. The zero-order valence-corrected chi connectivity index (χ0v) is 12.9. The van der Waals surface area contributed by atoms with Crippen molar-refractivity contribution in [2.75, 3.05) is 13.1 Å². The van der Waals surface area contributed by atoms with Crippen molar-refractivity contribution in [3.63, 3.8) is 0 Å². The van der Waals surface area contributed by atoms with Crippen molar-refractivity contribution in [1.29, 1.82) is 5.26 Å². The molecule has 1 amide bonds. The molecule has 0 spiro atoms. The summed E-state index contributed by atoms with van der Waals surface area (Å²) < 4.78 is 0. The lowest BCUT2D eigenvalue weighted by Gasteiger charge is -2.27. The minimum absolute atomic E-state index is 0.382. The molecule has 114 valence electrons. The van der Waals surface area contributed by atoms with E-state index in [4.69, 9.17) is 16.9 Å². The first-order chi connectivity index (χ1) is 10.6. The Kier molecular flexibility index (Phi) is 5.74. The van der Waals surface area contributed by atoms with Crippen LogP contribution in [0.4, 0.5) is 0 Å². The molecule has 0 bridgehead atoms. The first-order valence-corrected chi connectivity index (χ1v) is 7.65. The molecule has 0 unspecified atom stereocenters. The van der Waals surface area contributed by atoms with Gasteiger partial charge in [-0.25, -0.2) is 0 Å². The van der Waals surface area contributed by atoms with Crippen LogP contribution in [-0.4, -0.2) is 29.7 Å². The zero-order valence-electron chi connectivity index (χ0n) is 12.2. The Morgan fingerprint density at radius 2 is 1.82 bits per heavy atom. The largest absolute Gasteiger partial charge is 0.341 e. The summed E-state index contributed by atoms with van der Waals surface area (Å²) in [6.07, 6.45) is 5.83. The van der Waals surface area contributed by atoms with E-state index in [2.05, 4.69) is 0 Å². The Bertz CT molecular complexity index is 611. The minimum atomic E-state index is -1.25. The normalized spacial score (nSPS) is 16.3. The van der Waals surface area contributed by atoms with Crippen molar-refractivity contribution in [2.45, 2.75) is 19.3 Å². The van der Waals surface area contributed by atoms with Crippen LogP contribution in [0.25, 0.3) is 6.08 Å². The molecule has 4 nitrogen and oxygen atoms in total. The highest BCUT2D eigenvalue weighted by atomic mass is 35.5. The molecule has 0 saturated carbocycles. The summed E-state index contributed by atoms with van der Waals surface area (Å²) in [5.74, 6) is -2.11. The molecule has 0 radical (unpaired) electrons. The topological polar surface area (TPSA) is 61.2 Å². The van der Waals surface area contributed by atoms with Gasteiger partial charge in [-0.15, -0.1) is 0 Å². The quantitative estimate of drug-likeness (QED) is 0.633. The maximum Gasteiger partial charge on any atom is 0.247 e. The molecular weight excluding hydrogens is 300 g/mol. The minimum Gasteiger partial charge on any atom is -0.341 e. The highest BCUT2D eigenvalue weighted by Gasteiger charge is 2.29. The smallest absolute Gasteiger partial charge is 0.247 e. The van der Waals surface area contributed by atoms with E-state index in [0.717, 1.165) is 24.8 Å². The number of carbonyl (C=O) groups is 2. The fourth-order valence-corrected chi connectivity index (χ4v) is 2.51. The number of hydrogen-bond acceptors (Lipinski definition) is 3. The number of amides is 1. The summed E-state index contributed by atoms with van der Waals surface area (Å²) in [5, 5.41) is 9.77. The van der Waals surface area contributed by atoms with E-state index in [1.807, 2.05) is 6.07 Å². The first-order valence-electron chi connectivity index (χ1n) is 7.27. The van der Waals surface area contributed by atoms with Crippen molar-refractivity contribution in [3.8, 4) is 6.07 Å². The highest BCUT2D eigenvalue weighted by molar-refractivity contribution is 6.30. The van der Waals surface area contributed by atoms with Crippen LogP contribution in [0.15, 0.2) is 30.3 Å². The Morgan fingerprint density at radius 3 is 2.41 bits per heavy atom. The molecule has 1 fully saturated rings. The monoisotopic (exact) mass is 316 g/mol. The van der Waals surface area contributed by atoms with E-state index in [-0.39, 0.29) is 5.91 Å². The molecule has 0 aliphatic carbocycles. The van der Waals surface area contributed by atoms with Gasteiger partial charge in [0.05, 0.1) is 6.07 Å². The summed E-state index contributed by atoms with van der Waals surface area (Å²) >= 11 is 5.79. The van der Waals surface area contributed by atoms with Gasteiger partial charge in [-0.05, 0) is 43.0 Å². The van der Waals surface area contributed by atoms with E-state index >= 15 is 0 Å². The zero-order chi connectivity index (χ0) is 15.9. The molecule has 1 aliphatic heterocycles. The molecule has 5 heteroatoms. The van der Waals surface area contributed by atoms with Gasteiger partial charge in [-0.2, -0.15) is 5.26 Å². The summed E-state index contributed by atoms with van der Waals surface area (Å²) in [6.45, 7) is 1.26. The number of rotatable bonds is 4. The molecule has 1 aliphatic rings. The molecule has 1 aromatic rings. The maximum absolute atomic E-state index is 12.3. The summed E-state index contributed by atoms with van der Waals surface area (Å²) in [6, 6.07) is 8.79. The standard InChI is InChI=1S/C17H17ClN2O2/c18-14-7-4-13(5-8-14)6-9-16(21)15(12-19)17(22)20-10-2-1-3-11-20/h4-9,15H,1-3,10-11H2/b9-6+/t15-/m1/s1. The van der Waals surface area contributed by atoms with Gasteiger partial charge >= 0.3 is 0 Å². The van der Waals surface area contributed by atoms with Crippen LogP contribution in [0, 0.1) is 17.2 Å². The van der Waals surface area contributed by atoms with Gasteiger partial charge in [-0.1, -0.05) is 29.8 Å². The lowest BCUT2D eigenvalue weighted by atomic mass is 10.0. The van der Waals surface area contributed by atoms with Gasteiger partial charge in [0.25, 0.3) is 0 Å². The number of nitrogens with zero attached hydrogens (tertiary/aromatic N) is 2. The second-order valence-electron chi connectivity index (χ2n) is 5.24. The van der Waals surface area contributed by atoms with Crippen LogP contribution in [-0.2, 0) is 9.59 Å². The van der Waals surface area contributed by atoms with Gasteiger partial charge in [0.15, 0.2) is 11.7 Å². The lowest BCUT2D eigenvalue weighted by Crippen LogP contribution is -2.41. The van der Waals surface area contributed by atoms with Gasteiger partial charge in [0, 0.05) is 18.1 Å². The van der Waals surface area contributed by atoms with Gasteiger partial charge < -0.3 is 4.90 Å². The molecule has 1 saturated heterocycles. The summed E-state index contributed by atoms with van der Waals surface area (Å²) in [5.41, 5.74) is 0.792. The number of hydrogen-bond donors (Lipinski definition) is 0. The number of carbonyl (C=O) groups excluding carboxylic acids is 2. The third kappa shape index (κ3) is 4.19. The first kappa shape index (κ1) is 16.3. The van der Waals surface area contributed by atoms with Gasteiger partial charge in [0.2, 0.25) is 5.91 Å². The number of halogens is 1. The molecule has 1 aromatic carbocycles. The average Bonchev–Trinajstić information content (AvgIpc) is 2.55. The Hall–Kier alpha value is -2.12. The van der Waals surface area contributed by atoms with Gasteiger partial charge in [0.1, 0.15) is 0 Å². The van der Waals surface area contributed by atoms with Crippen molar-refractivity contribution in [2.24, 2.45) is 5.92 Å². The third-order valence-electron chi connectivity index (χ3n) is 3.64. The summed E-state index contributed by atoms with van der Waals surface area (Å²) in [4.78, 5) is 26.0. The predicted octanol–water partition coefficient (Wildman–Crippen LogP) is 3.07.